The van der Waals surface area contributed by atoms with Crippen molar-refractivity contribution >= 4 is 11.6 Å². The molecule has 1 saturated carbocycles. The van der Waals surface area contributed by atoms with Gasteiger partial charge in [-0.1, -0.05) is 11.6 Å². The molecule has 0 aromatic carbocycles. The van der Waals surface area contributed by atoms with Crippen LogP contribution < -0.4 is 0 Å². The number of rotatable bonds is 3. The molecule has 0 bridgehead atoms. The van der Waals surface area contributed by atoms with Crippen molar-refractivity contribution < 1.29 is 5.11 Å². The van der Waals surface area contributed by atoms with Gasteiger partial charge in [-0.15, -0.1) is 0 Å². The standard InChI is InChI=1S/C12H15ClN2O/c13-10-3-4-14-11(5-10)6-15-7-12(16,8-15)9-1-2-9/h3-5,9,16H,1-2,6-8H2. The topological polar surface area (TPSA) is 36.4 Å². The third-order valence-corrected chi connectivity index (χ3v) is 3.73. The maximum Gasteiger partial charge on any atom is 0.0928 e. The van der Waals surface area contributed by atoms with Gasteiger partial charge in [-0.3, -0.25) is 9.88 Å². The molecule has 2 heterocycles. The molecule has 2 fully saturated rings. The highest BCUT2D eigenvalue weighted by molar-refractivity contribution is 6.30. The van der Waals surface area contributed by atoms with Gasteiger partial charge in [0.15, 0.2) is 0 Å². The Morgan fingerprint density at radius 1 is 1.50 bits per heavy atom. The van der Waals surface area contributed by atoms with Crippen molar-refractivity contribution in [3.63, 3.8) is 0 Å². The normalized spacial score (nSPS) is 24.1. The fourth-order valence-electron chi connectivity index (χ4n) is 2.48. The zero-order valence-electron chi connectivity index (χ0n) is 9.06. The van der Waals surface area contributed by atoms with Gasteiger partial charge in [0.2, 0.25) is 0 Å². The van der Waals surface area contributed by atoms with Gasteiger partial charge in [0.25, 0.3) is 0 Å². The van der Waals surface area contributed by atoms with E-state index in [0.29, 0.717) is 5.92 Å². The van der Waals surface area contributed by atoms with Crippen molar-refractivity contribution in [1.82, 2.24) is 9.88 Å². The van der Waals surface area contributed by atoms with Crippen LogP contribution in [-0.4, -0.2) is 33.7 Å². The molecule has 0 spiro atoms. The number of nitrogens with zero attached hydrogens (tertiary/aromatic N) is 2. The molecule has 16 heavy (non-hydrogen) atoms. The van der Waals surface area contributed by atoms with E-state index >= 15 is 0 Å². The van der Waals surface area contributed by atoms with Crippen molar-refractivity contribution in [2.45, 2.75) is 25.0 Å². The van der Waals surface area contributed by atoms with Crippen LogP contribution in [0.3, 0.4) is 0 Å². The largest absolute Gasteiger partial charge is 0.387 e. The Hall–Kier alpha value is -0.640. The van der Waals surface area contributed by atoms with Crippen molar-refractivity contribution in [2.24, 2.45) is 5.92 Å². The van der Waals surface area contributed by atoms with Gasteiger partial charge in [-0.05, 0) is 30.9 Å². The maximum atomic E-state index is 10.2. The van der Waals surface area contributed by atoms with E-state index in [1.54, 1.807) is 12.3 Å². The van der Waals surface area contributed by atoms with E-state index in [1.165, 1.54) is 12.8 Å². The summed E-state index contributed by atoms with van der Waals surface area (Å²) in [5.41, 5.74) is 0.573. The van der Waals surface area contributed by atoms with E-state index < -0.39 is 5.60 Å². The van der Waals surface area contributed by atoms with Gasteiger partial charge in [-0.2, -0.15) is 0 Å². The molecule has 1 N–H and O–H groups in total. The summed E-state index contributed by atoms with van der Waals surface area (Å²) in [5, 5.41) is 10.9. The van der Waals surface area contributed by atoms with Crippen LogP contribution in [0.15, 0.2) is 18.3 Å². The summed E-state index contributed by atoms with van der Waals surface area (Å²) in [4.78, 5) is 6.48. The molecule has 1 aliphatic carbocycles. The molecule has 86 valence electrons. The summed E-state index contributed by atoms with van der Waals surface area (Å²) in [6, 6.07) is 3.66. The number of likely N-dealkylation sites (tertiary alicyclic amines) is 1. The lowest BCUT2D eigenvalue weighted by Crippen LogP contribution is -2.62. The second-order valence-electron chi connectivity index (χ2n) is 4.99. The van der Waals surface area contributed by atoms with Crippen molar-refractivity contribution in [1.29, 1.82) is 0 Å². The zero-order chi connectivity index (χ0) is 11.2. The van der Waals surface area contributed by atoms with Crippen LogP contribution in [0.4, 0.5) is 0 Å². The molecule has 3 rings (SSSR count). The van der Waals surface area contributed by atoms with Gasteiger partial charge < -0.3 is 5.11 Å². The second-order valence-corrected chi connectivity index (χ2v) is 5.42. The van der Waals surface area contributed by atoms with Crippen LogP contribution in [0.25, 0.3) is 0 Å². The van der Waals surface area contributed by atoms with Crippen LogP contribution in [0, 0.1) is 5.92 Å². The van der Waals surface area contributed by atoms with Crippen molar-refractivity contribution in [3.8, 4) is 0 Å². The number of halogens is 1. The zero-order valence-corrected chi connectivity index (χ0v) is 9.82. The highest BCUT2D eigenvalue weighted by Crippen LogP contribution is 2.44. The van der Waals surface area contributed by atoms with E-state index in [2.05, 4.69) is 9.88 Å². The van der Waals surface area contributed by atoms with E-state index in [9.17, 15) is 5.11 Å². The number of hydrogen-bond donors (Lipinski definition) is 1. The Morgan fingerprint density at radius 3 is 2.88 bits per heavy atom. The molecule has 0 unspecified atom stereocenters. The molecule has 2 aliphatic rings. The van der Waals surface area contributed by atoms with Gasteiger partial charge in [0.1, 0.15) is 0 Å². The molecule has 0 atom stereocenters. The fraction of sp³-hybridized carbons (Fsp3) is 0.583. The van der Waals surface area contributed by atoms with Crippen LogP contribution in [0.1, 0.15) is 18.5 Å². The molecule has 1 aliphatic heterocycles. The number of pyridine rings is 1. The number of aromatic nitrogens is 1. The van der Waals surface area contributed by atoms with E-state index in [-0.39, 0.29) is 0 Å². The quantitative estimate of drug-likeness (QED) is 0.871. The first kappa shape index (κ1) is 10.5. The Kier molecular flexibility index (Phi) is 2.42. The van der Waals surface area contributed by atoms with Crippen LogP contribution in [-0.2, 0) is 6.54 Å². The fourth-order valence-corrected chi connectivity index (χ4v) is 2.67. The van der Waals surface area contributed by atoms with Crippen LogP contribution in [0.5, 0.6) is 0 Å². The maximum absolute atomic E-state index is 10.2. The van der Waals surface area contributed by atoms with Gasteiger partial charge in [-0.25, -0.2) is 0 Å². The summed E-state index contributed by atoms with van der Waals surface area (Å²) in [5.74, 6) is 0.552. The SMILES string of the molecule is OC1(C2CC2)CN(Cc2cc(Cl)ccn2)C1. The summed E-state index contributed by atoms with van der Waals surface area (Å²) in [7, 11) is 0. The lowest BCUT2D eigenvalue weighted by Gasteiger charge is -2.47. The van der Waals surface area contributed by atoms with Crippen molar-refractivity contribution in [3.05, 3.63) is 29.0 Å². The van der Waals surface area contributed by atoms with Crippen LogP contribution in [0.2, 0.25) is 5.02 Å². The average molecular weight is 239 g/mol. The highest BCUT2D eigenvalue weighted by Gasteiger charge is 2.51. The summed E-state index contributed by atoms with van der Waals surface area (Å²) >= 11 is 5.90. The monoisotopic (exact) mass is 238 g/mol. The molecule has 4 heteroatoms. The number of β-amino-alcohol motifs (C(OH)–C–C–N with tert-alkyl or cyclic N) is 1. The second kappa shape index (κ2) is 3.69. The first-order valence-electron chi connectivity index (χ1n) is 5.71. The summed E-state index contributed by atoms with van der Waals surface area (Å²) in [6.45, 7) is 2.35. The Balaban J connectivity index is 1.58. The minimum atomic E-state index is -0.404. The van der Waals surface area contributed by atoms with Crippen molar-refractivity contribution in [2.75, 3.05) is 13.1 Å². The number of hydrogen-bond acceptors (Lipinski definition) is 3. The molecular formula is C12H15ClN2O. The van der Waals surface area contributed by atoms with Crippen LogP contribution >= 0.6 is 11.6 Å². The summed E-state index contributed by atoms with van der Waals surface area (Å²) < 4.78 is 0. The third kappa shape index (κ3) is 1.95. The minimum Gasteiger partial charge on any atom is -0.387 e. The molecule has 1 saturated heterocycles. The number of aliphatic hydroxyl groups is 1. The third-order valence-electron chi connectivity index (χ3n) is 3.50. The predicted octanol–water partition coefficient (Wildman–Crippen LogP) is 1.69. The minimum absolute atomic E-state index is 0.404. The highest BCUT2D eigenvalue weighted by atomic mass is 35.5. The first-order valence-corrected chi connectivity index (χ1v) is 6.09. The Morgan fingerprint density at radius 2 is 2.25 bits per heavy atom. The van der Waals surface area contributed by atoms with Gasteiger partial charge in [0, 0.05) is 30.9 Å². The molecule has 0 radical (unpaired) electrons. The van der Waals surface area contributed by atoms with Gasteiger partial charge >= 0.3 is 0 Å². The summed E-state index contributed by atoms with van der Waals surface area (Å²) in [6.07, 6.45) is 4.12. The lowest BCUT2D eigenvalue weighted by molar-refractivity contribution is -0.117. The molecule has 1 aromatic rings. The average Bonchev–Trinajstić information content (AvgIpc) is 2.98. The molecular weight excluding hydrogens is 224 g/mol. The molecule has 1 aromatic heterocycles. The smallest absolute Gasteiger partial charge is 0.0928 e. The lowest BCUT2D eigenvalue weighted by atomic mass is 9.88. The first-order chi connectivity index (χ1) is 7.66. The van der Waals surface area contributed by atoms with E-state index in [1.807, 2.05) is 6.07 Å². The van der Waals surface area contributed by atoms with Gasteiger partial charge in [0.05, 0.1) is 11.3 Å². The Labute approximate surface area is 100 Å². The molecule has 3 nitrogen and oxygen atoms in total. The molecule has 0 amide bonds. The predicted molar refractivity (Wildman–Crippen MR) is 62.2 cm³/mol. The Bertz CT molecular complexity index is 400. The van der Waals surface area contributed by atoms with E-state index in [0.717, 1.165) is 30.4 Å². The van der Waals surface area contributed by atoms with E-state index in [4.69, 9.17) is 11.6 Å².